The van der Waals surface area contributed by atoms with Crippen molar-refractivity contribution < 1.29 is 9.47 Å². The van der Waals surface area contributed by atoms with Gasteiger partial charge in [0.1, 0.15) is 5.75 Å². The Bertz CT molecular complexity index is 564. The van der Waals surface area contributed by atoms with Crippen LogP contribution in [0, 0.1) is 0 Å². The summed E-state index contributed by atoms with van der Waals surface area (Å²) < 4.78 is 10.8. The molecule has 6 heteroatoms. The highest BCUT2D eigenvalue weighted by Gasteiger charge is 2.16. The summed E-state index contributed by atoms with van der Waals surface area (Å²) in [6, 6.07) is 7.66. The van der Waals surface area contributed by atoms with Crippen molar-refractivity contribution in [2.75, 3.05) is 13.7 Å². The third kappa shape index (κ3) is 2.96. The van der Waals surface area contributed by atoms with E-state index in [1.807, 2.05) is 24.3 Å². The molecular weight excluding hydrogens is 256 g/mol. The molecule has 0 bridgehead atoms. The van der Waals surface area contributed by atoms with Gasteiger partial charge in [-0.05, 0) is 36.6 Å². The lowest BCUT2D eigenvalue weighted by atomic mass is 10.2. The van der Waals surface area contributed by atoms with Crippen LogP contribution in [-0.4, -0.2) is 40.0 Å². The highest BCUT2D eigenvalue weighted by atomic mass is 16.5. The highest BCUT2D eigenvalue weighted by Crippen LogP contribution is 2.20. The minimum absolute atomic E-state index is 0.348. The van der Waals surface area contributed by atoms with Gasteiger partial charge in [0.2, 0.25) is 5.82 Å². The number of aromatic nitrogens is 4. The molecule has 0 amide bonds. The molecule has 1 fully saturated rings. The number of ether oxygens (including phenoxy) is 2. The summed E-state index contributed by atoms with van der Waals surface area (Å²) in [4.78, 5) is 1.64. The van der Waals surface area contributed by atoms with Gasteiger partial charge < -0.3 is 9.47 Å². The maximum absolute atomic E-state index is 5.59. The van der Waals surface area contributed by atoms with Crippen LogP contribution in [0.4, 0.5) is 0 Å². The van der Waals surface area contributed by atoms with E-state index < -0.39 is 0 Å². The average molecular weight is 274 g/mol. The Morgan fingerprint density at radius 2 is 2.40 bits per heavy atom. The molecule has 2 heterocycles. The molecule has 0 spiro atoms. The maximum atomic E-state index is 5.59. The number of hydrogen-bond donors (Lipinski definition) is 0. The quantitative estimate of drug-likeness (QED) is 0.833. The van der Waals surface area contributed by atoms with Crippen molar-refractivity contribution in [3.05, 3.63) is 24.3 Å². The minimum Gasteiger partial charge on any atom is -0.497 e. The Hall–Kier alpha value is -1.95. The SMILES string of the molecule is COc1cccc(-c2nnn(CC[C@H]3CCCO3)n2)c1. The Kier molecular flexibility index (Phi) is 3.92. The summed E-state index contributed by atoms with van der Waals surface area (Å²) in [5, 5.41) is 12.6. The van der Waals surface area contributed by atoms with E-state index in [-0.39, 0.29) is 0 Å². The Morgan fingerprint density at radius 1 is 1.45 bits per heavy atom. The number of aryl methyl sites for hydroxylation is 1. The molecule has 0 radical (unpaired) electrons. The molecule has 1 aliphatic heterocycles. The van der Waals surface area contributed by atoms with Crippen LogP contribution >= 0.6 is 0 Å². The molecule has 2 aromatic rings. The van der Waals surface area contributed by atoms with Gasteiger partial charge in [-0.3, -0.25) is 0 Å². The van der Waals surface area contributed by atoms with Crippen LogP contribution < -0.4 is 4.74 Å². The van der Waals surface area contributed by atoms with Crippen molar-refractivity contribution in [1.29, 1.82) is 0 Å². The van der Waals surface area contributed by atoms with E-state index in [9.17, 15) is 0 Å². The molecule has 20 heavy (non-hydrogen) atoms. The Morgan fingerprint density at radius 3 is 3.20 bits per heavy atom. The number of benzene rings is 1. The highest BCUT2D eigenvalue weighted by molar-refractivity contribution is 5.56. The van der Waals surface area contributed by atoms with Gasteiger partial charge in [0.25, 0.3) is 0 Å². The van der Waals surface area contributed by atoms with Gasteiger partial charge in [-0.25, -0.2) is 0 Å². The fourth-order valence-corrected chi connectivity index (χ4v) is 2.35. The standard InChI is InChI=1S/C14H18N4O2/c1-19-13-5-2-4-11(10-13)14-15-17-18(16-14)8-7-12-6-3-9-20-12/h2,4-5,10,12H,3,6-9H2,1H3/t12-/m1/s1. The molecule has 1 aromatic carbocycles. The van der Waals surface area contributed by atoms with E-state index in [1.54, 1.807) is 11.9 Å². The number of rotatable bonds is 5. The zero-order valence-electron chi connectivity index (χ0n) is 11.5. The molecule has 1 atom stereocenters. The van der Waals surface area contributed by atoms with Gasteiger partial charge in [0, 0.05) is 12.2 Å². The zero-order valence-corrected chi connectivity index (χ0v) is 11.5. The summed E-state index contributed by atoms with van der Waals surface area (Å²) in [6.07, 6.45) is 3.58. The first kappa shape index (κ1) is 13.1. The number of tetrazole rings is 1. The van der Waals surface area contributed by atoms with Crippen LogP contribution in [0.3, 0.4) is 0 Å². The van der Waals surface area contributed by atoms with Crippen LogP contribution in [0.15, 0.2) is 24.3 Å². The molecule has 0 aliphatic carbocycles. The Balaban J connectivity index is 1.66. The van der Waals surface area contributed by atoms with E-state index in [2.05, 4.69) is 15.4 Å². The molecule has 0 saturated carbocycles. The third-order valence-electron chi connectivity index (χ3n) is 3.46. The Labute approximate surface area is 117 Å². The first-order chi connectivity index (χ1) is 9.85. The van der Waals surface area contributed by atoms with Crippen LogP contribution in [0.5, 0.6) is 5.75 Å². The van der Waals surface area contributed by atoms with Crippen molar-refractivity contribution >= 4 is 0 Å². The average Bonchev–Trinajstić information content (AvgIpc) is 3.16. The topological polar surface area (TPSA) is 62.1 Å². The molecule has 0 N–H and O–H groups in total. The molecule has 106 valence electrons. The van der Waals surface area contributed by atoms with E-state index >= 15 is 0 Å². The van der Waals surface area contributed by atoms with E-state index in [0.717, 1.165) is 43.7 Å². The number of methoxy groups -OCH3 is 1. The lowest BCUT2D eigenvalue weighted by molar-refractivity contribution is 0.0981. The normalized spacial score (nSPS) is 18.4. The van der Waals surface area contributed by atoms with Crippen molar-refractivity contribution in [2.45, 2.75) is 31.9 Å². The second-order valence-electron chi connectivity index (χ2n) is 4.86. The van der Waals surface area contributed by atoms with Gasteiger partial charge in [-0.15, -0.1) is 10.2 Å². The molecule has 1 aromatic heterocycles. The van der Waals surface area contributed by atoms with Crippen LogP contribution in [-0.2, 0) is 11.3 Å². The third-order valence-corrected chi connectivity index (χ3v) is 3.46. The van der Waals surface area contributed by atoms with Gasteiger partial charge in [0.05, 0.1) is 19.8 Å². The molecule has 0 unspecified atom stereocenters. The van der Waals surface area contributed by atoms with Crippen molar-refractivity contribution in [1.82, 2.24) is 20.2 Å². The predicted octanol–water partition coefficient (Wildman–Crippen LogP) is 1.92. The smallest absolute Gasteiger partial charge is 0.205 e. The first-order valence-electron chi connectivity index (χ1n) is 6.89. The summed E-state index contributed by atoms with van der Waals surface area (Å²) in [6.45, 7) is 1.62. The van der Waals surface area contributed by atoms with E-state index in [0.29, 0.717) is 11.9 Å². The molecule has 6 nitrogen and oxygen atoms in total. The van der Waals surface area contributed by atoms with Gasteiger partial charge >= 0.3 is 0 Å². The van der Waals surface area contributed by atoms with Gasteiger partial charge in [0.15, 0.2) is 0 Å². The molecule has 1 saturated heterocycles. The molecule has 1 aliphatic rings. The fraction of sp³-hybridized carbons (Fsp3) is 0.500. The zero-order chi connectivity index (χ0) is 13.8. The van der Waals surface area contributed by atoms with Gasteiger partial charge in [-0.2, -0.15) is 4.80 Å². The minimum atomic E-state index is 0.348. The monoisotopic (exact) mass is 274 g/mol. The summed E-state index contributed by atoms with van der Waals surface area (Å²) in [5.74, 6) is 1.41. The van der Waals surface area contributed by atoms with Gasteiger partial charge in [-0.1, -0.05) is 12.1 Å². The maximum Gasteiger partial charge on any atom is 0.205 e. The summed E-state index contributed by atoms with van der Waals surface area (Å²) in [7, 11) is 1.64. The lowest BCUT2D eigenvalue weighted by Crippen LogP contribution is -2.12. The van der Waals surface area contributed by atoms with Crippen molar-refractivity contribution in [3.8, 4) is 17.1 Å². The van der Waals surface area contributed by atoms with E-state index in [1.165, 1.54) is 0 Å². The van der Waals surface area contributed by atoms with Crippen LogP contribution in [0.2, 0.25) is 0 Å². The summed E-state index contributed by atoms with van der Waals surface area (Å²) >= 11 is 0. The predicted molar refractivity (Wildman–Crippen MR) is 73.4 cm³/mol. The van der Waals surface area contributed by atoms with Crippen molar-refractivity contribution in [2.24, 2.45) is 0 Å². The van der Waals surface area contributed by atoms with E-state index in [4.69, 9.17) is 9.47 Å². The molecule has 3 rings (SSSR count). The fourth-order valence-electron chi connectivity index (χ4n) is 2.35. The lowest BCUT2D eigenvalue weighted by Gasteiger charge is -2.07. The van der Waals surface area contributed by atoms with Crippen molar-refractivity contribution in [3.63, 3.8) is 0 Å². The first-order valence-corrected chi connectivity index (χ1v) is 6.89. The van der Waals surface area contributed by atoms with Crippen LogP contribution in [0.25, 0.3) is 11.4 Å². The largest absolute Gasteiger partial charge is 0.497 e. The number of nitrogens with zero attached hydrogens (tertiary/aromatic N) is 4. The second kappa shape index (κ2) is 6.00. The molecular formula is C14H18N4O2. The second-order valence-corrected chi connectivity index (χ2v) is 4.86. The summed E-state index contributed by atoms with van der Waals surface area (Å²) in [5.41, 5.74) is 0.910. The number of hydrogen-bond acceptors (Lipinski definition) is 5. The van der Waals surface area contributed by atoms with Crippen LogP contribution in [0.1, 0.15) is 19.3 Å².